The van der Waals surface area contributed by atoms with Gasteiger partial charge in [-0.3, -0.25) is 4.79 Å². The third-order valence-electron chi connectivity index (χ3n) is 7.96. The first-order chi connectivity index (χ1) is 16.3. The topological polar surface area (TPSA) is 66.5 Å². The molecule has 2 aliphatic heterocycles. The van der Waals surface area contributed by atoms with E-state index >= 15 is 4.39 Å². The molecule has 2 heterocycles. The molecule has 1 N–H and O–H groups in total. The lowest BCUT2D eigenvalue weighted by Gasteiger charge is -2.58. The van der Waals surface area contributed by atoms with E-state index in [1.54, 1.807) is 23.1 Å². The first-order valence-electron chi connectivity index (χ1n) is 12.1. The molecule has 34 heavy (non-hydrogen) atoms. The Labute approximate surface area is 198 Å². The van der Waals surface area contributed by atoms with Gasteiger partial charge in [-0.15, -0.1) is 0 Å². The molecular formula is C26H28F2N2O3S. The van der Waals surface area contributed by atoms with Crippen molar-refractivity contribution in [2.45, 2.75) is 68.1 Å². The number of sulfonamides is 1. The van der Waals surface area contributed by atoms with Crippen molar-refractivity contribution >= 4 is 15.9 Å². The second kappa shape index (κ2) is 8.12. The van der Waals surface area contributed by atoms with E-state index in [1.807, 2.05) is 30.3 Å². The zero-order valence-electron chi connectivity index (χ0n) is 18.7. The Balaban J connectivity index is 1.35. The van der Waals surface area contributed by atoms with Gasteiger partial charge < -0.3 is 4.90 Å². The van der Waals surface area contributed by atoms with Crippen LogP contribution in [-0.2, 0) is 21.2 Å². The van der Waals surface area contributed by atoms with Crippen LogP contribution in [-0.4, -0.2) is 48.8 Å². The van der Waals surface area contributed by atoms with E-state index in [4.69, 9.17) is 0 Å². The van der Waals surface area contributed by atoms with Crippen molar-refractivity contribution in [3.8, 4) is 11.1 Å². The van der Waals surface area contributed by atoms with Crippen LogP contribution in [0.15, 0.2) is 48.5 Å². The number of halogens is 2. The number of piperidine rings is 2. The minimum absolute atomic E-state index is 0.0302. The Morgan fingerprint density at radius 3 is 2.38 bits per heavy atom. The minimum Gasteiger partial charge on any atom is -0.334 e. The fourth-order valence-electron chi connectivity index (χ4n) is 5.73. The van der Waals surface area contributed by atoms with Crippen molar-refractivity contribution in [1.82, 2.24) is 9.62 Å². The van der Waals surface area contributed by atoms with Gasteiger partial charge >= 0.3 is 0 Å². The molecule has 7 rings (SSSR count). The first-order valence-corrected chi connectivity index (χ1v) is 13.7. The third-order valence-corrected chi connectivity index (χ3v) is 9.91. The number of amides is 1. The van der Waals surface area contributed by atoms with Crippen LogP contribution < -0.4 is 4.72 Å². The third kappa shape index (κ3) is 3.85. The van der Waals surface area contributed by atoms with Crippen molar-refractivity contribution in [3.63, 3.8) is 0 Å². The zero-order valence-corrected chi connectivity index (χ0v) is 19.6. The van der Waals surface area contributed by atoms with E-state index in [-0.39, 0.29) is 41.8 Å². The van der Waals surface area contributed by atoms with E-state index in [0.717, 1.165) is 5.56 Å². The molecule has 4 atom stereocenters. The number of carbonyl (C=O) groups is 1. The molecule has 0 aromatic heterocycles. The summed E-state index contributed by atoms with van der Waals surface area (Å²) < 4.78 is 58.1. The molecule has 5 fully saturated rings. The van der Waals surface area contributed by atoms with Gasteiger partial charge in [0.1, 0.15) is 12.0 Å². The number of nitrogens with zero attached hydrogens (tertiary/aromatic N) is 1. The molecule has 0 spiro atoms. The summed E-state index contributed by atoms with van der Waals surface area (Å²) in [5.74, 6) is -1.16. The summed E-state index contributed by atoms with van der Waals surface area (Å²) in [7, 11) is -3.50. The van der Waals surface area contributed by atoms with E-state index in [9.17, 15) is 17.6 Å². The van der Waals surface area contributed by atoms with Gasteiger partial charge in [0.25, 0.3) is 0 Å². The highest BCUT2D eigenvalue weighted by atomic mass is 32.2. The molecule has 5 aliphatic rings. The SMILES string of the molecule is O=C([C@H]1C[C@H]1F)N1C2CC(C2)[C@H](NS(=O)(=O)C2CC2)[C@@H]1Cc1cccc(-c2ccccc2)c1F. The van der Waals surface area contributed by atoms with Crippen molar-refractivity contribution in [2.75, 3.05) is 0 Å². The van der Waals surface area contributed by atoms with Crippen LogP contribution >= 0.6 is 0 Å². The molecule has 180 valence electrons. The van der Waals surface area contributed by atoms with E-state index < -0.39 is 34.2 Å². The lowest BCUT2D eigenvalue weighted by molar-refractivity contribution is -0.151. The highest BCUT2D eigenvalue weighted by Crippen LogP contribution is 2.48. The van der Waals surface area contributed by atoms with Crippen LogP contribution in [0.25, 0.3) is 11.1 Å². The van der Waals surface area contributed by atoms with Crippen molar-refractivity contribution in [2.24, 2.45) is 11.8 Å². The molecule has 0 unspecified atom stereocenters. The van der Waals surface area contributed by atoms with Gasteiger partial charge in [0.2, 0.25) is 15.9 Å². The Morgan fingerprint density at radius 2 is 1.74 bits per heavy atom. The minimum atomic E-state index is -3.50. The molecule has 5 nitrogen and oxygen atoms in total. The lowest BCUT2D eigenvalue weighted by Crippen LogP contribution is -2.70. The highest BCUT2D eigenvalue weighted by molar-refractivity contribution is 7.90. The maximum absolute atomic E-state index is 15.7. The van der Waals surface area contributed by atoms with Crippen LogP contribution in [0.1, 0.15) is 37.7 Å². The number of rotatable bonds is 7. The van der Waals surface area contributed by atoms with Gasteiger partial charge in [-0.2, -0.15) is 0 Å². The number of benzene rings is 2. The normalized spacial score (nSPS) is 32.2. The summed E-state index contributed by atoms with van der Waals surface area (Å²) in [6, 6.07) is 13.4. The summed E-state index contributed by atoms with van der Waals surface area (Å²) >= 11 is 0. The van der Waals surface area contributed by atoms with E-state index in [1.165, 1.54) is 0 Å². The molecule has 2 saturated heterocycles. The zero-order chi connectivity index (χ0) is 23.6. The average molecular weight is 487 g/mol. The van der Waals surface area contributed by atoms with Crippen molar-refractivity contribution in [3.05, 3.63) is 59.9 Å². The Bertz CT molecular complexity index is 1210. The standard InChI is InChI=1S/C26H28F2N2O3S/c27-22-14-21(22)26(31)30-18-11-17(12-18)25(29-34(32,33)19-9-10-19)23(30)13-16-7-4-8-20(24(16)28)15-5-2-1-3-6-15/h1-8,17-19,21-23,25,29H,9-14H2/t17?,18?,21-,22+,23-,25-/m0/s1. The second-order valence-electron chi connectivity index (χ2n) is 10.3. The smallest absolute Gasteiger partial charge is 0.229 e. The highest BCUT2D eigenvalue weighted by Gasteiger charge is 2.57. The summed E-state index contributed by atoms with van der Waals surface area (Å²) in [5, 5.41) is -0.382. The molecule has 1 amide bonds. The summed E-state index contributed by atoms with van der Waals surface area (Å²) in [6.45, 7) is 0. The van der Waals surface area contributed by atoms with Crippen LogP contribution in [0.2, 0.25) is 0 Å². The van der Waals surface area contributed by atoms with Crippen molar-refractivity contribution in [1.29, 1.82) is 0 Å². The largest absolute Gasteiger partial charge is 0.334 e. The van der Waals surface area contributed by atoms with Gasteiger partial charge in [-0.25, -0.2) is 21.9 Å². The fraction of sp³-hybridized carbons (Fsp3) is 0.500. The molecule has 3 aliphatic carbocycles. The Hall–Kier alpha value is -2.32. The number of hydrogen-bond donors (Lipinski definition) is 1. The van der Waals surface area contributed by atoms with Crippen LogP contribution in [0, 0.1) is 17.7 Å². The molecule has 3 saturated carbocycles. The number of alkyl halides is 1. The van der Waals surface area contributed by atoms with Gasteiger partial charge in [-0.05, 0) is 55.6 Å². The molecule has 2 aromatic carbocycles. The number of carbonyl (C=O) groups excluding carboxylic acids is 1. The summed E-state index contributed by atoms with van der Waals surface area (Å²) in [4.78, 5) is 15.0. The van der Waals surface area contributed by atoms with Crippen LogP contribution in [0.4, 0.5) is 8.78 Å². The van der Waals surface area contributed by atoms with E-state index in [2.05, 4.69) is 4.72 Å². The Kier molecular flexibility index (Phi) is 5.30. The fourth-order valence-corrected chi connectivity index (χ4v) is 7.41. The Morgan fingerprint density at radius 1 is 1.03 bits per heavy atom. The van der Waals surface area contributed by atoms with Crippen molar-refractivity contribution < 1.29 is 22.0 Å². The van der Waals surface area contributed by atoms with Crippen LogP contribution in [0.3, 0.4) is 0 Å². The first kappa shape index (κ1) is 22.2. The number of fused-ring (bicyclic) bond motifs is 2. The summed E-state index contributed by atoms with van der Waals surface area (Å²) in [5.41, 5.74) is 1.66. The molecule has 2 bridgehead atoms. The average Bonchev–Trinajstić information content (AvgIpc) is 3.71. The molecule has 0 radical (unpaired) electrons. The molecule has 8 heteroatoms. The molecule has 2 aromatic rings. The maximum atomic E-state index is 15.7. The van der Waals surface area contributed by atoms with Gasteiger partial charge in [0.05, 0.1) is 17.2 Å². The van der Waals surface area contributed by atoms with Gasteiger partial charge in [0, 0.05) is 17.6 Å². The second-order valence-corrected chi connectivity index (χ2v) is 12.3. The monoisotopic (exact) mass is 486 g/mol. The maximum Gasteiger partial charge on any atom is 0.229 e. The predicted octanol–water partition coefficient (Wildman–Crippen LogP) is 3.83. The number of hydrogen-bond acceptors (Lipinski definition) is 3. The lowest BCUT2D eigenvalue weighted by atomic mass is 9.66. The van der Waals surface area contributed by atoms with Gasteiger partial charge in [-0.1, -0.05) is 48.5 Å². The summed E-state index contributed by atoms with van der Waals surface area (Å²) in [6.07, 6.45) is 1.96. The quantitative estimate of drug-likeness (QED) is 0.647. The van der Waals surface area contributed by atoms with Gasteiger partial charge in [0.15, 0.2) is 0 Å². The molecular weight excluding hydrogens is 458 g/mol. The van der Waals surface area contributed by atoms with E-state index in [0.29, 0.717) is 36.8 Å². The van der Waals surface area contributed by atoms with Crippen LogP contribution in [0.5, 0.6) is 0 Å². The number of nitrogens with one attached hydrogen (secondary N) is 1. The predicted molar refractivity (Wildman–Crippen MR) is 125 cm³/mol.